The third-order valence-electron chi connectivity index (χ3n) is 4.82. The van der Waals surface area contributed by atoms with Crippen LogP contribution < -0.4 is 5.73 Å². The van der Waals surface area contributed by atoms with E-state index in [1.54, 1.807) is 0 Å². The van der Waals surface area contributed by atoms with E-state index >= 15 is 0 Å². The summed E-state index contributed by atoms with van der Waals surface area (Å²) < 4.78 is 2.90. The number of likely N-dealkylation sites (tertiary alicyclic amines) is 1. The van der Waals surface area contributed by atoms with Gasteiger partial charge >= 0.3 is 0 Å². The van der Waals surface area contributed by atoms with Crippen molar-refractivity contribution in [3.8, 4) is 5.69 Å². The molecule has 2 atom stereocenters. The number of halogens is 1. The van der Waals surface area contributed by atoms with Gasteiger partial charge in [0.25, 0.3) is 5.91 Å². The molecule has 3 rings (SSSR count). The first-order chi connectivity index (χ1) is 11.4. The minimum Gasteiger partial charge on any atom is -0.336 e. The molecule has 1 aliphatic heterocycles. The Morgan fingerprint density at radius 1 is 1.33 bits per heavy atom. The van der Waals surface area contributed by atoms with Crippen LogP contribution in [-0.4, -0.2) is 39.7 Å². The lowest BCUT2D eigenvalue weighted by atomic mass is 10.1. The average molecular weight is 391 g/mol. The maximum atomic E-state index is 12.7. The lowest BCUT2D eigenvalue weighted by Gasteiger charge is -2.21. The molecule has 1 fully saturated rings. The lowest BCUT2D eigenvalue weighted by Crippen LogP contribution is -2.34. The zero-order chi connectivity index (χ0) is 17.4. The van der Waals surface area contributed by atoms with E-state index in [0.717, 1.165) is 34.5 Å². The number of aryl methyl sites for hydroxylation is 1. The molecule has 2 aromatic rings. The van der Waals surface area contributed by atoms with Crippen molar-refractivity contribution in [2.45, 2.75) is 33.2 Å². The number of nitrogens with zero attached hydrogens (tertiary/aromatic N) is 3. The van der Waals surface area contributed by atoms with E-state index in [-0.39, 0.29) is 11.9 Å². The fraction of sp³-hybridized carbons (Fsp3) is 0.444. The Morgan fingerprint density at radius 3 is 2.50 bits per heavy atom. The molecule has 2 N–H and O–H groups in total. The Hall–Kier alpha value is -1.66. The summed E-state index contributed by atoms with van der Waals surface area (Å²) in [4.78, 5) is 14.7. The molecule has 0 aliphatic carbocycles. The molecule has 5 nitrogen and oxygen atoms in total. The van der Waals surface area contributed by atoms with Crippen LogP contribution in [0.1, 0.15) is 35.1 Å². The number of carbonyl (C=O) groups excluding carboxylic acids is 1. The van der Waals surface area contributed by atoms with E-state index in [2.05, 4.69) is 28.0 Å². The number of rotatable bonds is 3. The van der Waals surface area contributed by atoms with Crippen molar-refractivity contribution in [2.75, 3.05) is 13.1 Å². The third-order valence-corrected chi connectivity index (χ3v) is 5.97. The maximum Gasteiger partial charge on any atom is 0.254 e. The van der Waals surface area contributed by atoms with Crippen LogP contribution in [-0.2, 0) is 0 Å². The molecule has 128 valence electrons. The van der Waals surface area contributed by atoms with Crippen molar-refractivity contribution in [1.29, 1.82) is 0 Å². The molecule has 0 radical (unpaired) electrons. The predicted molar refractivity (Wildman–Crippen MR) is 98.4 cm³/mol. The Morgan fingerprint density at radius 2 is 2.00 bits per heavy atom. The fourth-order valence-corrected chi connectivity index (χ4v) is 3.63. The van der Waals surface area contributed by atoms with Gasteiger partial charge in [-0.15, -0.1) is 0 Å². The second-order valence-corrected chi connectivity index (χ2v) is 7.38. The minimum atomic E-state index is 0.0829. The largest absolute Gasteiger partial charge is 0.336 e. The second-order valence-electron chi connectivity index (χ2n) is 6.59. The number of nitrogens with two attached hydrogens (primary N) is 1. The molecule has 2 heterocycles. The van der Waals surface area contributed by atoms with Gasteiger partial charge in [0.2, 0.25) is 0 Å². The zero-order valence-corrected chi connectivity index (χ0v) is 15.9. The van der Waals surface area contributed by atoms with Crippen molar-refractivity contribution >= 4 is 21.8 Å². The Kier molecular flexibility index (Phi) is 4.78. The van der Waals surface area contributed by atoms with E-state index in [1.165, 1.54) is 0 Å². The van der Waals surface area contributed by atoms with Crippen LogP contribution in [0.2, 0.25) is 0 Å². The third kappa shape index (κ3) is 3.00. The van der Waals surface area contributed by atoms with Crippen LogP contribution >= 0.6 is 15.9 Å². The molecule has 1 saturated heterocycles. The van der Waals surface area contributed by atoms with Gasteiger partial charge in [0.15, 0.2) is 0 Å². The average Bonchev–Trinajstić information content (AvgIpc) is 3.09. The first-order valence-corrected chi connectivity index (χ1v) is 9.04. The number of hydrogen-bond donors (Lipinski definition) is 1. The summed E-state index contributed by atoms with van der Waals surface area (Å²) in [6.07, 6.45) is 0.986. The van der Waals surface area contributed by atoms with Gasteiger partial charge in [0.05, 0.1) is 21.5 Å². The summed E-state index contributed by atoms with van der Waals surface area (Å²) >= 11 is 3.54. The molecular weight excluding hydrogens is 368 g/mol. The number of benzene rings is 1. The molecule has 24 heavy (non-hydrogen) atoms. The summed E-state index contributed by atoms with van der Waals surface area (Å²) in [5.41, 5.74) is 9.42. The van der Waals surface area contributed by atoms with Crippen LogP contribution in [0.4, 0.5) is 0 Å². The Bertz CT molecular complexity index is 753. The van der Waals surface area contributed by atoms with Gasteiger partial charge < -0.3 is 10.6 Å². The number of carbonyl (C=O) groups is 1. The summed E-state index contributed by atoms with van der Waals surface area (Å²) in [6, 6.07) is 7.90. The molecule has 0 bridgehead atoms. The highest BCUT2D eigenvalue weighted by Crippen LogP contribution is 2.26. The zero-order valence-electron chi connectivity index (χ0n) is 14.3. The van der Waals surface area contributed by atoms with Gasteiger partial charge in [-0.1, -0.05) is 0 Å². The summed E-state index contributed by atoms with van der Waals surface area (Å²) in [7, 11) is 0. The van der Waals surface area contributed by atoms with E-state index in [4.69, 9.17) is 5.73 Å². The van der Waals surface area contributed by atoms with Crippen molar-refractivity contribution in [1.82, 2.24) is 14.7 Å². The van der Waals surface area contributed by atoms with Gasteiger partial charge in [-0.25, -0.2) is 4.68 Å². The summed E-state index contributed by atoms with van der Waals surface area (Å²) in [6.45, 7) is 7.47. The monoisotopic (exact) mass is 390 g/mol. The molecular formula is C18H23BrN4O. The smallest absolute Gasteiger partial charge is 0.254 e. The maximum absolute atomic E-state index is 12.7. The topological polar surface area (TPSA) is 64.2 Å². The SMILES string of the molecule is Cc1nn(-c2ccc(C(=O)N3CC(CN)CC3C)cc2)c(C)c1Br. The molecule has 1 aromatic heterocycles. The highest BCUT2D eigenvalue weighted by molar-refractivity contribution is 9.10. The molecule has 0 spiro atoms. The van der Waals surface area contributed by atoms with Gasteiger partial charge in [0.1, 0.15) is 0 Å². The predicted octanol–water partition coefficient (Wildman–Crippen LogP) is 3.06. The molecule has 6 heteroatoms. The number of amides is 1. The number of hydrogen-bond acceptors (Lipinski definition) is 3. The first kappa shape index (κ1) is 17.2. The van der Waals surface area contributed by atoms with Crippen LogP contribution in [0, 0.1) is 19.8 Å². The Balaban J connectivity index is 1.82. The summed E-state index contributed by atoms with van der Waals surface area (Å²) in [5, 5.41) is 4.53. The molecule has 2 unspecified atom stereocenters. The van der Waals surface area contributed by atoms with Crippen molar-refractivity contribution in [2.24, 2.45) is 11.7 Å². The van der Waals surface area contributed by atoms with Gasteiger partial charge in [-0.2, -0.15) is 5.10 Å². The first-order valence-electron chi connectivity index (χ1n) is 8.25. The second kappa shape index (κ2) is 6.69. The molecule has 1 amide bonds. The Labute approximate surface area is 151 Å². The van der Waals surface area contributed by atoms with E-state index in [1.807, 2.05) is 47.7 Å². The fourth-order valence-electron chi connectivity index (χ4n) is 3.38. The lowest BCUT2D eigenvalue weighted by molar-refractivity contribution is 0.0743. The quantitative estimate of drug-likeness (QED) is 0.875. The van der Waals surface area contributed by atoms with Gasteiger partial charge in [-0.3, -0.25) is 4.79 Å². The van der Waals surface area contributed by atoms with Crippen molar-refractivity contribution < 1.29 is 4.79 Å². The highest BCUT2D eigenvalue weighted by atomic mass is 79.9. The standard InChI is InChI=1S/C18H23BrN4O/c1-11-8-14(9-20)10-22(11)18(24)15-4-6-16(7-5-15)23-13(3)17(19)12(2)21-23/h4-7,11,14H,8-10,20H2,1-3H3. The van der Waals surface area contributed by atoms with E-state index in [9.17, 15) is 4.79 Å². The van der Waals surface area contributed by atoms with Crippen LogP contribution in [0.3, 0.4) is 0 Å². The van der Waals surface area contributed by atoms with E-state index in [0.29, 0.717) is 18.0 Å². The van der Waals surface area contributed by atoms with Crippen LogP contribution in [0.25, 0.3) is 5.69 Å². The molecule has 1 aromatic carbocycles. The number of aromatic nitrogens is 2. The van der Waals surface area contributed by atoms with Crippen molar-refractivity contribution in [3.63, 3.8) is 0 Å². The highest BCUT2D eigenvalue weighted by Gasteiger charge is 2.32. The van der Waals surface area contributed by atoms with Gasteiger partial charge in [0, 0.05) is 18.2 Å². The molecule has 1 aliphatic rings. The van der Waals surface area contributed by atoms with Crippen LogP contribution in [0.15, 0.2) is 28.7 Å². The van der Waals surface area contributed by atoms with Crippen LogP contribution in [0.5, 0.6) is 0 Å². The normalized spacial score (nSPS) is 20.6. The van der Waals surface area contributed by atoms with E-state index < -0.39 is 0 Å². The minimum absolute atomic E-state index is 0.0829. The van der Waals surface area contributed by atoms with Gasteiger partial charge in [-0.05, 0) is 79.9 Å². The molecule has 0 saturated carbocycles. The summed E-state index contributed by atoms with van der Waals surface area (Å²) in [5.74, 6) is 0.495. The van der Waals surface area contributed by atoms with Crippen molar-refractivity contribution in [3.05, 3.63) is 45.7 Å².